The van der Waals surface area contributed by atoms with Crippen molar-refractivity contribution in [3.8, 4) is 0 Å². The van der Waals surface area contributed by atoms with Crippen molar-refractivity contribution in [3.05, 3.63) is 18.6 Å². The molecule has 108 valence electrons. The van der Waals surface area contributed by atoms with Gasteiger partial charge in [0.2, 0.25) is 0 Å². The molecule has 3 rings (SSSR count). The molecule has 1 saturated heterocycles. The van der Waals surface area contributed by atoms with Gasteiger partial charge in [0.25, 0.3) is 0 Å². The lowest BCUT2D eigenvalue weighted by atomic mass is 10.2. The highest BCUT2D eigenvalue weighted by atomic mass is 15.3. The number of imidazole rings is 1. The van der Waals surface area contributed by atoms with Gasteiger partial charge >= 0.3 is 0 Å². The summed E-state index contributed by atoms with van der Waals surface area (Å²) in [5, 5.41) is 3.39. The maximum absolute atomic E-state index is 4.82. The molecule has 5 heteroatoms. The van der Waals surface area contributed by atoms with E-state index >= 15 is 0 Å². The van der Waals surface area contributed by atoms with Gasteiger partial charge in [-0.05, 0) is 25.7 Å². The van der Waals surface area contributed by atoms with E-state index in [2.05, 4.69) is 33.4 Å². The summed E-state index contributed by atoms with van der Waals surface area (Å²) in [7, 11) is 0. The number of aromatic nitrogens is 3. The lowest BCUT2D eigenvalue weighted by Crippen LogP contribution is -2.30. The maximum Gasteiger partial charge on any atom is 0.180 e. The average molecular weight is 273 g/mol. The van der Waals surface area contributed by atoms with Crippen LogP contribution in [0.5, 0.6) is 0 Å². The Bertz CT molecular complexity index is 577. The molecule has 0 spiro atoms. The molecule has 20 heavy (non-hydrogen) atoms. The summed E-state index contributed by atoms with van der Waals surface area (Å²) in [5.74, 6) is 1.97. The Hall–Kier alpha value is -1.78. The lowest BCUT2D eigenvalue weighted by Gasteiger charge is -2.25. The third-order valence-electron chi connectivity index (χ3n) is 4.03. The van der Waals surface area contributed by atoms with Gasteiger partial charge in [0.05, 0.1) is 6.20 Å². The molecule has 1 unspecified atom stereocenters. The number of hydrogen-bond acceptors (Lipinski definition) is 4. The van der Waals surface area contributed by atoms with E-state index in [9.17, 15) is 0 Å². The van der Waals surface area contributed by atoms with Gasteiger partial charge in [0, 0.05) is 31.5 Å². The molecule has 1 atom stereocenters. The second-order valence-corrected chi connectivity index (χ2v) is 5.43. The molecular weight excluding hydrogens is 250 g/mol. The van der Waals surface area contributed by atoms with Crippen molar-refractivity contribution in [2.24, 2.45) is 0 Å². The summed E-state index contributed by atoms with van der Waals surface area (Å²) < 4.78 is 2.07. The number of hydrogen-bond donors (Lipinski definition) is 1. The average Bonchev–Trinajstić information content (AvgIpc) is 3.12. The fourth-order valence-electron chi connectivity index (χ4n) is 2.99. The second kappa shape index (κ2) is 5.69. The summed E-state index contributed by atoms with van der Waals surface area (Å²) >= 11 is 0. The number of anilines is 2. The summed E-state index contributed by atoms with van der Waals surface area (Å²) in [5.41, 5.74) is 0.965. The Morgan fingerprint density at radius 2 is 2.30 bits per heavy atom. The topological polar surface area (TPSA) is 45.5 Å². The van der Waals surface area contributed by atoms with Crippen LogP contribution in [0.1, 0.15) is 39.5 Å². The van der Waals surface area contributed by atoms with Crippen molar-refractivity contribution in [1.82, 2.24) is 14.4 Å². The fourth-order valence-corrected chi connectivity index (χ4v) is 2.99. The summed E-state index contributed by atoms with van der Waals surface area (Å²) in [6.07, 6.45) is 10.6. The zero-order valence-corrected chi connectivity index (χ0v) is 12.3. The highest BCUT2D eigenvalue weighted by Gasteiger charge is 2.26. The van der Waals surface area contributed by atoms with Crippen molar-refractivity contribution in [1.29, 1.82) is 0 Å². The Labute approximate surface area is 120 Å². The normalized spacial score (nSPS) is 18.9. The molecule has 5 nitrogen and oxygen atoms in total. The molecule has 1 N–H and O–H groups in total. The zero-order chi connectivity index (χ0) is 13.9. The highest BCUT2D eigenvalue weighted by molar-refractivity contribution is 5.67. The molecule has 1 aliphatic heterocycles. The van der Waals surface area contributed by atoms with Crippen molar-refractivity contribution in [2.75, 3.05) is 23.3 Å². The van der Waals surface area contributed by atoms with E-state index in [0.717, 1.165) is 36.8 Å². The van der Waals surface area contributed by atoms with Gasteiger partial charge < -0.3 is 14.6 Å². The molecular formula is C15H23N5. The van der Waals surface area contributed by atoms with Gasteiger partial charge in [-0.15, -0.1) is 0 Å². The van der Waals surface area contributed by atoms with Crippen molar-refractivity contribution in [3.63, 3.8) is 0 Å². The summed E-state index contributed by atoms with van der Waals surface area (Å²) in [4.78, 5) is 11.7. The van der Waals surface area contributed by atoms with E-state index < -0.39 is 0 Å². The Morgan fingerprint density at radius 3 is 3.10 bits per heavy atom. The first kappa shape index (κ1) is 13.2. The predicted molar refractivity (Wildman–Crippen MR) is 82.4 cm³/mol. The van der Waals surface area contributed by atoms with Gasteiger partial charge in [0.15, 0.2) is 11.5 Å². The SMILES string of the molecule is CCCNc1cn2ccnc2c(N2CCCC2CC)n1. The van der Waals surface area contributed by atoms with E-state index in [1.54, 1.807) is 0 Å². The van der Waals surface area contributed by atoms with Crippen molar-refractivity contribution >= 4 is 17.3 Å². The van der Waals surface area contributed by atoms with Crippen molar-refractivity contribution < 1.29 is 0 Å². The molecule has 2 aromatic heterocycles. The largest absolute Gasteiger partial charge is 0.369 e. The van der Waals surface area contributed by atoms with Gasteiger partial charge in [-0.1, -0.05) is 13.8 Å². The molecule has 0 aromatic carbocycles. The van der Waals surface area contributed by atoms with E-state index in [-0.39, 0.29) is 0 Å². The molecule has 0 aliphatic carbocycles. The third kappa shape index (κ3) is 2.32. The standard InChI is InChI=1S/C15H23N5/c1-3-7-16-13-11-19-10-8-17-14(19)15(18-13)20-9-5-6-12(20)4-2/h8,10-12,16H,3-7,9H2,1-2H3. The quantitative estimate of drug-likeness (QED) is 0.910. The van der Waals surface area contributed by atoms with Crippen LogP contribution in [0.2, 0.25) is 0 Å². The van der Waals surface area contributed by atoms with Crippen LogP contribution in [0.25, 0.3) is 5.65 Å². The van der Waals surface area contributed by atoms with Crippen LogP contribution in [-0.4, -0.2) is 33.5 Å². The van der Waals surface area contributed by atoms with Crippen LogP contribution in [0.4, 0.5) is 11.6 Å². The van der Waals surface area contributed by atoms with Gasteiger partial charge in [-0.2, -0.15) is 0 Å². The maximum atomic E-state index is 4.82. The Morgan fingerprint density at radius 1 is 1.40 bits per heavy atom. The van der Waals surface area contributed by atoms with Crippen LogP contribution in [0.3, 0.4) is 0 Å². The minimum atomic E-state index is 0.601. The minimum Gasteiger partial charge on any atom is -0.369 e. The first-order chi connectivity index (χ1) is 9.83. The molecule has 0 saturated carbocycles. The molecule has 3 heterocycles. The van der Waals surface area contributed by atoms with Crippen LogP contribution in [-0.2, 0) is 0 Å². The zero-order valence-electron chi connectivity index (χ0n) is 12.3. The molecule has 1 fully saturated rings. The smallest absolute Gasteiger partial charge is 0.180 e. The highest BCUT2D eigenvalue weighted by Crippen LogP contribution is 2.29. The van der Waals surface area contributed by atoms with Crippen molar-refractivity contribution in [2.45, 2.75) is 45.6 Å². The van der Waals surface area contributed by atoms with Gasteiger partial charge in [-0.25, -0.2) is 9.97 Å². The van der Waals surface area contributed by atoms with E-state index in [1.165, 1.54) is 19.3 Å². The van der Waals surface area contributed by atoms with E-state index in [0.29, 0.717) is 6.04 Å². The summed E-state index contributed by atoms with van der Waals surface area (Å²) in [6.45, 7) is 6.46. The molecule has 0 bridgehead atoms. The van der Waals surface area contributed by atoms with Crippen LogP contribution in [0.15, 0.2) is 18.6 Å². The van der Waals surface area contributed by atoms with Gasteiger partial charge in [0.1, 0.15) is 5.82 Å². The van der Waals surface area contributed by atoms with Crippen LogP contribution >= 0.6 is 0 Å². The number of rotatable bonds is 5. The molecule has 0 radical (unpaired) electrons. The lowest BCUT2D eigenvalue weighted by molar-refractivity contribution is 0.641. The first-order valence-electron chi connectivity index (χ1n) is 7.67. The van der Waals surface area contributed by atoms with Gasteiger partial charge in [-0.3, -0.25) is 0 Å². The number of nitrogens with one attached hydrogen (secondary N) is 1. The number of fused-ring (bicyclic) bond motifs is 1. The molecule has 0 amide bonds. The second-order valence-electron chi connectivity index (χ2n) is 5.43. The fraction of sp³-hybridized carbons (Fsp3) is 0.600. The third-order valence-corrected chi connectivity index (χ3v) is 4.03. The number of nitrogens with zero attached hydrogens (tertiary/aromatic N) is 4. The Kier molecular flexibility index (Phi) is 3.76. The summed E-state index contributed by atoms with van der Waals surface area (Å²) in [6, 6.07) is 0.601. The van der Waals surface area contributed by atoms with Crippen LogP contribution in [0, 0.1) is 0 Å². The minimum absolute atomic E-state index is 0.601. The Balaban J connectivity index is 2.01. The van der Waals surface area contributed by atoms with E-state index in [4.69, 9.17) is 4.98 Å². The molecule has 2 aromatic rings. The monoisotopic (exact) mass is 273 g/mol. The van der Waals surface area contributed by atoms with E-state index in [1.807, 2.05) is 18.6 Å². The molecule has 1 aliphatic rings. The predicted octanol–water partition coefficient (Wildman–Crippen LogP) is 2.93. The first-order valence-corrected chi connectivity index (χ1v) is 7.67. The van der Waals surface area contributed by atoms with Crippen LogP contribution < -0.4 is 10.2 Å².